The molecule has 80 valence electrons. The normalized spacial score (nSPS) is 9.73. The molecule has 0 saturated heterocycles. The van der Waals surface area contributed by atoms with E-state index in [0.717, 1.165) is 5.56 Å². The fourth-order valence-electron chi connectivity index (χ4n) is 1.13. The van der Waals surface area contributed by atoms with E-state index < -0.39 is 0 Å². The Kier molecular flexibility index (Phi) is 3.82. The Morgan fingerprint density at radius 3 is 2.47 bits per heavy atom. The number of nitrogens with zero attached hydrogens (tertiary/aromatic N) is 1. The molecule has 0 fully saturated rings. The van der Waals surface area contributed by atoms with E-state index in [1.165, 1.54) is 18.4 Å². The van der Waals surface area contributed by atoms with Crippen molar-refractivity contribution >= 4 is 12.4 Å². The summed E-state index contributed by atoms with van der Waals surface area (Å²) in [5.74, 6) is 0.185. The van der Waals surface area contributed by atoms with E-state index in [0.29, 0.717) is 18.1 Å². The first-order valence-corrected chi connectivity index (χ1v) is 4.20. The fourth-order valence-corrected chi connectivity index (χ4v) is 1.13. The number of nitrogens with two attached hydrogens (primary N) is 1. The third-order valence-corrected chi connectivity index (χ3v) is 1.85. The lowest BCUT2D eigenvalue weighted by Gasteiger charge is -1.93. The molecule has 0 spiro atoms. The average Bonchev–Trinajstić information content (AvgIpc) is 2.67. The molecule has 0 radical (unpaired) electrons. The van der Waals surface area contributed by atoms with Gasteiger partial charge in [-0.15, -0.1) is 12.4 Å². The minimum absolute atomic E-state index is 0. The molecular weight excluding hydrogens is 219 g/mol. The molecule has 2 N–H and O–H groups in total. The van der Waals surface area contributed by atoms with Crippen molar-refractivity contribution < 1.29 is 8.81 Å². The highest BCUT2D eigenvalue weighted by molar-refractivity contribution is 5.85. The van der Waals surface area contributed by atoms with Gasteiger partial charge in [0.1, 0.15) is 12.1 Å². The largest absolute Gasteiger partial charge is 0.444 e. The zero-order valence-electron chi connectivity index (χ0n) is 7.81. The molecular formula is C10H10ClFN2O. The van der Waals surface area contributed by atoms with Crippen LogP contribution in [0.4, 0.5) is 4.39 Å². The van der Waals surface area contributed by atoms with Gasteiger partial charge in [-0.25, -0.2) is 9.37 Å². The number of oxazole rings is 1. The molecule has 0 saturated carbocycles. The van der Waals surface area contributed by atoms with Crippen LogP contribution in [-0.2, 0) is 6.54 Å². The summed E-state index contributed by atoms with van der Waals surface area (Å²) in [4.78, 5) is 4.11. The van der Waals surface area contributed by atoms with Crippen LogP contribution >= 0.6 is 12.4 Å². The molecule has 0 aliphatic heterocycles. The summed E-state index contributed by atoms with van der Waals surface area (Å²) in [6, 6.07) is 5.95. The summed E-state index contributed by atoms with van der Waals surface area (Å²) < 4.78 is 17.8. The van der Waals surface area contributed by atoms with Crippen molar-refractivity contribution in [3.63, 3.8) is 0 Å². The molecule has 2 rings (SSSR count). The molecule has 1 heterocycles. The summed E-state index contributed by atoms with van der Waals surface area (Å²) in [6.07, 6.45) is 1.50. The van der Waals surface area contributed by atoms with E-state index in [1.807, 2.05) is 0 Å². The molecule has 5 heteroatoms. The van der Waals surface area contributed by atoms with Crippen LogP contribution in [0.3, 0.4) is 0 Å². The maximum atomic E-state index is 12.6. The quantitative estimate of drug-likeness (QED) is 0.859. The molecule has 1 aromatic heterocycles. The summed E-state index contributed by atoms with van der Waals surface area (Å²) in [5, 5.41) is 0. The maximum absolute atomic E-state index is 12.6. The van der Waals surface area contributed by atoms with Gasteiger partial charge in [-0.1, -0.05) is 0 Å². The number of rotatable bonds is 2. The van der Waals surface area contributed by atoms with Gasteiger partial charge in [0.15, 0.2) is 0 Å². The SMILES string of the molecule is Cl.NCc1coc(-c2ccc(F)cc2)n1. The third kappa shape index (κ3) is 2.55. The number of aromatic nitrogens is 1. The standard InChI is InChI=1S/C10H9FN2O.ClH/c11-8-3-1-7(2-4-8)10-13-9(5-12)6-14-10;/h1-4,6H,5,12H2;1H. The minimum atomic E-state index is -0.278. The van der Waals surface area contributed by atoms with Crippen molar-refractivity contribution in [3.8, 4) is 11.5 Å². The first kappa shape index (κ1) is 11.7. The lowest BCUT2D eigenvalue weighted by molar-refractivity contribution is 0.572. The van der Waals surface area contributed by atoms with Crippen molar-refractivity contribution in [3.05, 3.63) is 42.0 Å². The first-order chi connectivity index (χ1) is 6.79. The van der Waals surface area contributed by atoms with E-state index >= 15 is 0 Å². The van der Waals surface area contributed by atoms with Gasteiger partial charge < -0.3 is 10.2 Å². The van der Waals surface area contributed by atoms with Crippen LogP contribution in [0.1, 0.15) is 5.69 Å². The molecule has 15 heavy (non-hydrogen) atoms. The van der Waals surface area contributed by atoms with Gasteiger partial charge in [0.25, 0.3) is 0 Å². The van der Waals surface area contributed by atoms with E-state index in [-0.39, 0.29) is 18.2 Å². The predicted molar refractivity (Wildman–Crippen MR) is 57.0 cm³/mol. The lowest BCUT2D eigenvalue weighted by Crippen LogP contribution is -1.95. The molecule has 0 aliphatic carbocycles. The molecule has 3 nitrogen and oxygen atoms in total. The van der Waals surface area contributed by atoms with Crippen LogP contribution in [0.2, 0.25) is 0 Å². The number of halogens is 2. The first-order valence-electron chi connectivity index (χ1n) is 4.20. The number of hydrogen-bond acceptors (Lipinski definition) is 3. The lowest BCUT2D eigenvalue weighted by atomic mass is 10.2. The van der Waals surface area contributed by atoms with Gasteiger partial charge in [-0.3, -0.25) is 0 Å². The maximum Gasteiger partial charge on any atom is 0.226 e. The Balaban J connectivity index is 0.00000112. The summed E-state index contributed by atoms with van der Waals surface area (Å²) in [6.45, 7) is 0.338. The van der Waals surface area contributed by atoms with Crippen LogP contribution in [0, 0.1) is 5.82 Å². The molecule has 1 aromatic carbocycles. The second kappa shape index (κ2) is 4.91. The molecule has 0 bridgehead atoms. The van der Waals surface area contributed by atoms with Crippen molar-refractivity contribution in [2.45, 2.75) is 6.54 Å². The highest BCUT2D eigenvalue weighted by atomic mass is 35.5. The third-order valence-electron chi connectivity index (χ3n) is 1.85. The Bertz CT molecular complexity index is 427. The predicted octanol–water partition coefficient (Wildman–Crippen LogP) is 2.36. The fraction of sp³-hybridized carbons (Fsp3) is 0.100. The summed E-state index contributed by atoms with van der Waals surface area (Å²) in [5.41, 5.74) is 6.81. The Morgan fingerprint density at radius 2 is 1.93 bits per heavy atom. The van der Waals surface area contributed by atoms with Crippen LogP contribution in [0.5, 0.6) is 0 Å². The van der Waals surface area contributed by atoms with Crippen molar-refractivity contribution in [2.75, 3.05) is 0 Å². The Hall–Kier alpha value is -1.39. The molecule has 0 aliphatic rings. The minimum Gasteiger partial charge on any atom is -0.444 e. The zero-order valence-corrected chi connectivity index (χ0v) is 8.63. The van der Waals surface area contributed by atoms with Crippen molar-refractivity contribution in [2.24, 2.45) is 5.73 Å². The van der Waals surface area contributed by atoms with Gasteiger partial charge in [0.2, 0.25) is 5.89 Å². The molecule has 0 atom stereocenters. The van der Waals surface area contributed by atoms with Crippen molar-refractivity contribution in [1.29, 1.82) is 0 Å². The highest BCUT2D eigenvalue weighted by Gasteiger charge is 2.04. The van der Waals surface area contributed by atoms with Crippen LogP contribution in [0.15, 0.2) is 34.9 Å². The second-order valence-electron chi connectivity index (χ2n) is 2.86. The van der Waals surface area contributed by atoms with Crippen LogP contribution < -0.4 is 5.73 Å². The molecule has 2 aromatic rings. The zero-order chi connectivity index (χ0) is 9.97. The number of hydrogen-bond donors (Lipinski definition) is 1. The van der Waals surface area contributed by atoms with Crippen LogP contribution in [-0.4, -0.2) is 4.98 Å². The smallest absolute Gasteiger partial charge is 0.226 e. The van der Waals surface area contributed by atoms with E-state index in [1.54, 1.807) is 12.1 Å². The van der Waals surface area contributed by atoms with Gasteiger partial charge in [0, 0.05) is 12.1 Å². The topological polar surface area (TPSA) is 52.0 Å². The number of benzene rings is 1. The van der Waals surface area contributed by atoms with Crippen molar-refractivity contribution in [1.82, 2.24) is 4.98 Å². The monoisotopic (exact) mass is 228 g/mol. The van der Waals surface area contributed by atoms with Gasteiger partial charge in [0.05, 0.1) is 5.69 Å². The van der Waals surface area contributed by atoms with E-state index in [4.69, 9.17) is 10.2 Å². The summed E-state index contributed by atoms with van der Waals surface area (Å²) >= 11 is 0. The summed E-state index contributed by atoms with van der Waals surface area (Å²) in [7, 11) is 0. The van der Waals surface area contributed by atoms with E-state index in [9.17, 15) is 4.39 Å². The van der Waals surface area contributed by atoms with Gasteiger partial charge in [-0.05, 0) is 24.3 Å². The van der Waals surface area contributed by atoms with Gasteiger partial charge >= 0.3 is 0 Å². The van der Waals surface area contributed by atoms with Gasteiger partial charge in [-0.2, -0.15) is 0 Å². The Morgan fingerprint density at radius 1 is 1.27 bits per heavy atom. The molecule has 0 unspecified atom stereocenters. The Labute approximate surface area is 92.5 Å². The average molecular weight is 229 g/mol. The van der Waals surface area contributed by atoms with E-state index in [2.05, 4.69) is 4.98 Å². The highest BCUT2D eigenvalue weighted by Crippen LogP contribution is 2.18. The van der Waals surface area contributed by atoms with Crippen LogP contribution in [0.25, 0.3) is 11.5 Å². The molecule has 0 amide bonds. The second-order valence-corrected chi connectivity index (χ2v) is 2.86.